The summed E-state index contributed by atoms with van der Waals surface area (Å²) in [6.07, 6.45) is 0. The standard InChI is InChI=1S/C58H39NO/c1-3-11-40(12-4-1)46-16-9-18-48(37-46)42-21-29-51(30-22-42)59(52-31-23-43(24-32-52)49-19-10-17-47(38-49)41-13-5-2-6-14-41)53-33-25-44(26-34-53)50-28-35-55-56-36-27-45-15-7-8-20-54(45)58(56)60-57(55)39-50/h1-39H. The van der Waals surface area contributed by atoms with Gasteiger partial charge in [0, 0.05) is 33.2 Å². The Morgan fingerprint density at radius 1 is 0.250 bits per heavy atom. The maximum atomic E-state index is 6.54. The highest BCUT2D eigenvalue weighted by molar-refractivity contribution is 6.15. The zero-order chi connectivity index (χ0) is 39.8. The smallest absolute Gasteiger partial charge is 0.143 e. The van der Waals surface area contributed by atoms with Gasteiger partial charge in [-0.25, -0.2) is 0 Å². The Hall–Kier alpha value is -7.94. The number of rotatable bonds is 8. The number of fused-ring (bicyclic) bond motifs is 5. The van der Waals surface area contributed by atoms with Crippen LogP contribution in [-0.4, -0.2) is 0 Å². The molecule has 0 radical (unpaired) electrons. The van der Waals surface area contributed by atoms with E-state index in [1.54, 1.807) is 0 Å². The summed E-state index contributed by atoms with van der Waals surface area (Å²) in [7, 11) is 0. The molecule has 0 fully saturated rings. The molecule has 0 aliphatic carbocycles. The van der Waals surface area contributed by atoms with E-state index in [1.807, 2.05) is 0 Å². The summed E-state index contributed by atoms with van der Waals surface area (Å²) in [5, 5.41) is 4.60. The molecule has 2 heteroatoms. The summed E-state index contributed by atoms with van der Waals surface area (Å²) in [4.78, 5) is 2.34. The molecule has 0 N–H and O–H groups in total. The van der Waals surface area contributed by atoms with Crippen molar-refractivity contribution in [2.75, 3.05) is 4.90 Å². The number of hydrogen-bond acceptors (Lipinski definition) is 2. The van der Waals surface area contributed by atoms with Gasteiger partial charge in [-0.1, -0.05) is 170 Å². The molecule has 11 rings (SSSR count). The molecule has 1 aromatic heterocycles. The Balaban J connectivity index is 0.947. The minimum Gasteiger partial charge on any atom is -0.455 e. The third-order valence-corrected chi connectivity index (χ3v) is 11.7. The quantitative estimate of drug-likeness (QED) is 0.153. The first-order chi connectivity index (χ1) is 29.7. The van der Waals surface area contributed by atoms with Crippen LogP contribution in [-0.2, 0) is 0 Å². The second-order valence-electron chi connectivity index (χ2n) is 15.3. The van der Waals surface area contributed by atoms with Crippen molar-refractivity contribution in [1.82, 2.24) is 0 Å². The lowest BCUT2D eigenvalue weighted by atomic mass is 9.98. The maximum absolute atomic E-state index is 6.54. The lowest BCUT2D eigenvalue weighted by molar-refractivity contribution is 0.673. The van der Waals surface area contributed by atoms with Gasteiger partial charge in [-0.2, -0.15) is 0 Å². The molecule has 0 bridgehead atoms. The average molecular weight is 766 g/mol. The summed E-state index contributed by atoms with van der Waals surface area (Å²) >= 11 is 0. The van der Waals surface area contributed by atoms with Gasteiger partial charge in [0.2, 0.25) is 0 Å². The van der Waals surface area contributed by atoms with Crippen LogP contribution in [0.1, 0.15) is 0 Å². The summed E-state index contributed by atoms with van der Waals surface area (Å²) in [5.41, 5.74) is 16.9. The molecule has 0 saturated carbocycles. The van der Waals surface area contributed by atoms with Crippen LogP contribution in [0.3, 0.4) is 0 Å². The molecule has 10 aromatic carbocycles. The molecule has 282 valence electrons. The van der Waals surface area contributed by atoms with Gasteiger partial charge >= 0.3 is 0 Å². The summed E-state index contributed by atoms with van der Waals surface area (Å²) < 4.78 is 6.54. The van der Waals surface area contributed by atoms with Gasteiger partial charge < -0.3 is 9.32 Å². The van der Waals surface area contributed by atoms with Crippen LogP contribution in [0, 0.1) is 0 Å². The van der Waals surface area contributed by atoms with Crippen molar-refractivity contribution in [3.8, 4) is 55.6 Å². The number of anilines is 3. The van der Waals surface area contributed by atoms with E-state index < -0.39 is 0 Å². The summed E-state index contributed by atoms with van der Waals surface area (Å²) in [6.45, 7) is 0. The maximum Gasteiger partial charge on any atom is 0.143 e. The van der Waals surface area contributed by atoms with Crippen molar-refractivity contribution in [2.24, 2.45) is 0 Å². The molecule has 11 aromatic rings. The van der Waals surface area contributed by atoms with E-state index >= 15 is 0 Å². The zero-order valence-corrected chi connectivity index (χ0v) is 32.9. The van der Waals surface area contributed by atoms with Gasteiger partial charge in [-0.05, 0) is 128 Å². The molecule has 60 heavy (non-hydrogen) atoms. The van der Waals surface area contributed by atoms with Crippen molar-refractivity contribution in [2.45, 2.75) is 0 Å². The summed E-state index contributed by atoms with van der Waals surface area (Å²) in [5.74, 6) is 0. The number of hydrogen-bond donors (Lipinski definition) is 0. The summed E-state index contributed by atoms with van der Waals surface area (Å²) in [6, 6.07) is 84.8. The van der Waals surface area contributed by atoms with Crippen LogP contribution in [0.5, 0.6) is 0 Å². The first kappa shape index (κ1) is 35.2. The predicted molar refractivity (Wildman–Crippen MR) is 253 cm³/mol. The van der Waals surface area contributed by atoms with Crippen molar-refractivity contribution < 1.29 is 4.42 Å². The van der Waals surface area contributed by atoms with Crippen LogP contribution >= 0.6 is 0 Å². The minimum absolute atomic E-state index is 0.897. The normalized spacial score (nSPS) is 11.3. The second-order valence-corrected chi connectivity index (χ2v) is 15.3. The molecule has 0 spiro atoms. The molecule has 2 nitrogen and oxygen atoms in total. The van der Waals surface area contributed by atoms with Gasteiger partial charge in [0.05, 0.1) is 0 Å². The largest absolute Gasteiger partial charge is 0.455 e. The second kappa shape index (κ2) is 15.1. The van der Waals surface area contributed by atoms with E-state index in [-0.39, 0.29) is 0 Å². The fourth-order valence-corrected chi connectivity index (χ4v) is 8.56. The third kappa shape index (κ3) is 6.61. The van der Waals surface area contributed by atoms with E-state index in [1.165, 1.54) is 49.9 Å². The highest BCUT2D eigenvalue weighted by Crippen LogP contribution is 2.40. The Morgan fingerprint density at radius 3 is 1.13 bits per heavy atom. The molecule has 0 saturated heterocycles. The lowest BCUT2D eigenvalue weighted by Crippen LogP contribution is -2.09. The van der Waals surface area contributed by atoms with E-state index in [0.29, 0.717) is 0 Å². The molecule has 0 atom stereocenters. The molecule has 0 unspecified atom stereocenters. The highest BCUT2D eigenvalue weighted by atomic mass is 16.3. The van der Waals surface area contributed by atoms with Gasteiger partial charge in [0.1, 0.15) is 11.2 Å². The van der Waals surface area contributed by atoms with Crippen LogP contribution in [0.4, 0.5) is 17.1 Å². The van der Waals surface area contributed by atoms with Crippen molar-refractivity contribution in [1.29, 1.82) is 0 Å². The lowest BCUT2D eigenvalue weighted by Gasteiger charge is -2.26. The van der Waals surface area contributed by atoms with Gasteiger partial charge in [-0.15, -0.1) is 0 Å². The Labute approximate surface area is 349 Å². The topological polar surface area (TPSA) is 16.4 Å². The van der Waals surface area contributed by atoms with E-state index in [4.69, 9.17) is 4.42 Å². The zero-order valence-electron chi connectivity index (χ0n) is 32.9. The van der Waals surface area contributed by atoms with Crippen LogP contribution in [0.15, 0.2) is 241 Å². The van der Waals surface area contributed by atoms with E-state index in [0.717, 1.165) is 55.5 Å². The fraction of sp³-hybridized carbons (Fsp3) is 0. The van der Waals surface area contributed by atoms with E-state index in [9.17, 15) is 0 Å². The first-order valence-electron chi connectivity index (χ1n) is 20.5. The van der Waals surface area contributed by atoms with Crippen molar-refractivity contribution in [3.05, 3.63) is 237 Å². The molecule has 0 aliphatic rings. The first-order valence-corrected chi connectivity index (χ1v) is 20.5. The predicted octanol–water partition coefficient (Wildman–Crippen LogP) is 16.5. The number of furan rings is 1. The van der Waals surface area contributed by atoms with Crippen LogP contribution in [0.25, 0.3) is 88.3 Å². The Kier molecular flexibility index (Phi) is 8.87. The van der Waals surface area contributed by atoms with Crippen molar-refractivity contribution in [3.63, 3.8) is 0 Å². The van der Waals surface area contributed by atoms with Crippen molar-refractivity contribution >= 4 is 49.8 Å². The van der Waals surface area contributed by atoms with Gasteiger partial charge in [-0.3, -0.25) is 0 Å². The number of benzene rings is 10. The minimum atomic E-state index is 0.897. The SMILES string of the molecule is c1ccc(-c2cccc(-c3ccc(N(c4ccc(-c5cccc(-c6ccccc6)c5)cc4)c4ccc(-c5ccc6c(c5)oc5c7ccccc7ccc65)cc4)cc3)c2)cc1. The highest BCUT2D eigenvalue weighted by Gasteiger charge is 2.16. The van der Waals surface area contributed by atoms with Gasteiger partial charge in [0.15, 0.2) is 0 Å². The average Bonchev–Trinajstić information content (AvgIpc) is 3.72. The molecular weight excluding hydrogens is 727 g/mol. The monoisotopic (exact) mass is 765 g/mol. The molecule has 1 heterocycles. The fourth-order valence-electron chi connectivity index (χ4n) is 8.56. The van der Waals surface area contributed by atoms with E-state index in [2.05, 4.69) is 241 Å². The molecule has 0 aliphatic heterocycles. The number of nitrogens with zero attached hydrogens (tertiary/aromatic N) is 1. The van der Waals surface area contributed by atoms with Crippen LogP contribution in [0.2, 0.25) is 0 Å². The van der Waals surface area contributed by atoms with Gasteiger partial charge in [0.25, 0.3) is 0 Å². The Bertz CT molecular complexity index is 3150. The Morgan fingerprint density at radius 2 is 0.633 bits per heavy atom. The molecular formula is C58H39NO. The van der Waals surface area contributed by atoms with Crippen LogP contribution < -0.4 is 4.90 Å². The molecule has 0 amide bonds. The third-order valence-electron chi connectivity index (χ3n) is 11.7.